The molecule has 8 heteroatoms. The van der Waals surface area contributed by atoms with Crippen molar-refractivity contribution in [2.45, 2.75) is 18.3 Å². The fraction of sp³-hybridized carbons (Fsp3) is 0.250. The molecule has 0 unspecified atom stereocenters. The number of aryl methyl sites for hydroxylation is 1. The summed E-state index contributed by atoms with van der Waals surface area (Å²) in [5.74, 6) is 2.08. The summed E-state index contributed by atoms with van der Waals surface area (Å²) < 4.78 is 13.1. The molecule has 1 aliphatic rings. The van der Waals surface area contributed by atoms with Crippen molar-refractivity contribution >= 4 is 33.9 Å². The normalized spacial score (nSPS) is 16.4. The third kappa shape index (κ3) is 3.68. The highest BCUT2D eigenvalue weighted by Crippen LogP contribution is 2.25. The number of nitrogens with zero attached hydrogens (tertiary/aromatic N) is 2. The van der Waals surface area contributed by atoms with E-state index in [-0.39, 0.29) is 16.4 Å². The number of aromatic nitrogens is 2. The van der Waals surface area contributed by atoms with Gasteiger partial charge in [0.2, 0.25) is 5.91 Å². The molecule has 1 fully saturated rings. The molecule has 4 rings (SSSR count). The van der Waals surface area contributed by atoms with Crippen LogP contribution in [-0.2, 0) is 24.9 Å². The lowest BCUT2D eigenvalue weighted by molar-refractivity contribution is -0.118. The second kappa shape index (κ2) is 7.55. The second-order valence-corrected chi connectivity index (χ2v) is 7.64. The van der Waals surface area contributed by atoms with Crippen LogP contribution in [0.15, 0.2) is 42.5 Å². The van der Waals surface area contributed by atoms with Gasteiger partial charge in [-0.1, -0.05) is 23.9 Å². The van der Waals surface area contributed by atoms with E-state index in [0.717, 1.165) is 39.9 Å². The van der Waals surface area contributed by atoms with Crippen molar-refractivity contribution in [2.24, 2.45) is 7.05 Å². The first kappa shape index (κ1) is 18.4. The van der Waals surface area contributed by atoms with E-state index < -0.39 is 0 Å². The molecule has 0 radical (unpaired) electrons. The molecule has 2 amide bonds. The van der Waals surface area contributed by atoms with Gasteiger partial charge in [-0.25, -0.2) is 4.98 Å². The van der Waals surface area contributed by atoms with Crippen molar-refractivity contribution in [3.63, 3.8) is 0 Å². The number of methoxy groups -OCH3 is 1. The first-order valence-electron chi connectivity index (χ1n) is 8.76. The molecule has 2 aromatic carbocycles. The van der Waals surface area contributed by atoms with Gasteiger partial charge in [-0.2, -0.15) is 0 Å². The lowest BCUT2D eigenvalue weighted by atomic mass is 10.1. The third-order valence-electron chi connectivity index (χ3n) is 4.66. The molecular formula is C20H19N3O4S. The first-order valence-corrected chi connectivity index (χ1v) is 9.64. The van der Waals surface area contributed by atoms with Gasteiger partial charge in [-0.05, 0) is 36.2 Å². The van der Waals surface area contributed by atoms with E-state index in [4.69, 9.17) is 9.47 Å². The van der Waals surface area contributed by atoms with Crippen molar-refractivity contribution in [3.05, 3.63) is 53.9 Å². The number of hydrogen-bond donors (Lipinski definition) is 1. The van der Waals surface area contributed by atoms with Crippen LogP contribution in [0.4, 0.5) is 4.79 Å². The van der Waals surface area contributed by atoms with Crippen LogP contribution < -0.4 is 14.8 Å². The maximum absolute atomic E-state index is 11.7. The van der Waals surface area contributed by atoms with Crippen LogP contribution in [0.3, 0.4) is 0 Å². The van der Waals surface area contributed by atoms with E-state index >= 15 is 0 Å². The molecule has 144 valence electrons. The van der Waals surface area contributed by atoms with Crippen LogP contribution in [0, 0.1) is 0 Å². The number of carbonyl (C=O) groups is 2. The Morgan fingerprint density at radius 2 is 1.89 bits per heavy atom. The smallest absolute Gasteiger partial charge is 0.286 e. The fourth-order valence-electron chi connectivity index (χ4n) is 3.09. The van der Waals surface area contributed by atoms with Gasteiger partial charge in [0, 0.05) is 13.1 Å². The number of amides is 2. The van der Waals surface area contributed by atoms with Gasteiger partial charge in [-0.15, -0.1) is 0 Å². The maximum atomic E-state index is 11.7. The highest BCUT2D eigenvalue weighted by atomic mass is 32.2. The average molecular weight is 397 g/mol. The molecule has 0 spiro atoms. The predicted molar refractivity (Wildman–Crippen MR) is 107 cm³/mol. The Balaban J connectivity index is 1.41. The minimum absolute atomic E-state index is 0.228. The monoisotopic (exact) mass is 397 g/mol. The minimum atomic E-state index is -0.365. The quantitative estimate of drug-likeness (QED) is 0.688. The summed E-state index contributed by atoms with van der Waals surface area (Å²) in [7, 11) is 3.59. The van der Waals surface area contributed by atoms with E-state index in [0.29, 0.717) is 18.8 Å². The summed E-state index contributed by atoms with van der Waals surface area (Å²) in [6.45, 7) is 0.336. The molecule has 28 heavy (non-hydrogen) atoms. The van der Waals surface area contributed by atoms with E-state index in [2.05, 4.69) is 10.3 Å². The van der Waals surface area contributed by atoms with Crippen molar-refractivity contribution in [3.8, 4) is 11.5 Å². The minimum Gasteiger partial charge on any atom is -0.497 e. The van der Waals surface area contributed by atoms with Gasteiger partial charge in [0.15, 0.2) is 0 Å². The number of thioether (sulfide) groups is 1. The molecule has 1 N–H and O–H groups in total. The van der Waals surface area contributed by atoms with Crippen molar-refractivity contribution in [1.29, 1.82) is 0 Å². The number of imide groups is 1. The summed E-state index contributed by atoms with van der Waals surface area (Å²) in [6.07, 6.45) is 0.509. The Labute approximate surface area is 166 Å². The third-order valence-corrected chi connectivity index (χ3v) is 5.64. The number of ether oxygens (including phenoxy) is 2. The molecule has 0 aliphatic carbocycles. The molecule has 1 aromatic heterocycles. The van der Waals surface area contributed by atoms with Gasteiger partial charge in [0.25, 0.3) is 5.24 Å². The Bertz CT molecular complexity index is 1050. The molecule has 7 nitrogen and oxygen atoms in total. The Morgan fingerprint density at radius 1 is 1.14 bits per heavy atom. The zero-order valence-electron chi connectivity index (χ0n) is 15.5. The average Bonchev–Trinajstić information content (AvgIpc) is 3.19. The number of rotatable bonds is 6. The molecule has 2 heterocycles. The number of imidazole rings is 1. The molecule has 3 aromatic rings. The largest absolute Gasteiger partial charge is 0.497 e. The van der Waals surface area contributed by atoms with Crippen LogP contribution in [0.1, 0.15) is 11.4 Å². The molecule has 1 saturated heterocycles. The number of carbonyl (C=O) groups excluding carboxylic acids is 2. The van der Waals surface area contributed by atoms with E-state index in [1.807, 2.05) is 54.1 Å². The van der Waals surface area contributed by atoms with Gasteiger partial charge in [0.05, 0.1) is 23.4 Å². The van der Waals surface area contributed by atoms with Crippen LogP contribution in [0.5, 0.6) is 11.5 Å². The zero-order valence-corrected chi connectivity index (χ0v) is 16.3. The summed E-state index contributed by atoms with van der Waals surface area (Å²) in [5.41, 5.74) is 2.85. The molecule has 0 bridgehead atoms. The Morgan fingerprint density at radius 3 is 2.57 bits per heavy atom. The van der Waals surface area contributed by atoms with E-state index in [1.165, 1.54) is 0 Å². The molecule has 1 aliphatic heterocycles. The highest BCUT2D eigenvalue weighted by Gasteiger charge is 2.31. The van der Waals surface area contributed by atoms with Crippen molar-refractivity contribution < 1.29 is 19.1 Å². The molecular weight excluding hydrogens is 378 g/mol. The van der Waals surface area contributed by atoms with Crippen molar-refractivity contribution in [2.75, 3.05) is 7.11 Å². The van der Waals surface area contributed by atoms with E-state index in [1.54, 1.807) is 7.11 Å². The number of fused-ring (bicyclic) bond motifs is 1. The Hall–Kier alpha value is -3.00. The molecule has 1 atom stereocenters. The summed E-state index contributed by atoms with van der Waals surface area (Å²) >= 11 is 1.04. The maximum Gasteiger partial charge on any atom is 0.286 e. The van der Waals surface area contributed by atoms with Gasteiger partial charge in [-0.3, -0.25) is 14.9 Å². The number of hydrogen-bond acceptors (Lipinski definition) is 6. The SMILES string of the molecule is COc1ccc2nc(COc3ccc(C[C@@H]4SC(=O)NC4=O)cc3)n(C)c2c1. The zero-order chi connectivity index (χ0) is 19.7. The topological polar surface area (TPSA) is 82.5 Å². The van der Waals surface area contributed by atoms with Gasteiger partial charge in [0.1, 0.15) is 23.9 Å². The van der Waals surface area contributed by atoms with Gasteiger partial charge >= 0.3 is 0 Å². The van der Waals surface area contributed by atoms with Crippen molar-refractivity contribution in [1.82, 2.24) is 14.9 Å². The van der Waals surface area contributed by atoms with E-state index in [9.17, 15) is 9.59 Å². The van der Waals surface area contributed by atoms with Crippen LogP contribution in [0.25, 0.3) is 11.0 Å². The summed E-state index contributed by atoms with van der Waals surface area (Å²) in [4.78, 5) is 27.5. The summed E-state index contributed by atoms with van der Waals surface area (Å²) in [6, 6.07) is 13.3. The van der Waals surface area contributed by atoms with Crippen LogP contribution >= 0.6 is 11.8 Å². The standard InChI is InChI=1S/C20H19N3O4S/c1-23-16-10-14(26-2)7-8-15(16)21-18(23)11-27-13-5-3-12(4-6-13)9-17-19(24)22-20(25)28-17/h3-8,10,17H,9,11H2,1-2H3,(H,22,24,25)/t17-/m0/s1. The first-order chi connectivity index (χ1) is 13.5. The second-order valence-electron chi connectivity index (χ2n) is 6.46. The highest BCUT2D eigenvalue weighted by molar-refractivity contribution is 8.15. The summed E-state index contributed by atoms with van der Waals surface area (Å²) in [5, 5.41) is 1.66. The lowest BCUT2D eigenvalue weighted by Gasteiger charge is -2.09. The Kier molecular flexibility index (Phi) is 4.95. The fourth-order valence-corrected chi connectivity index (χ4v) is 3.95. The number of nitrogens with one attached hydrogen (secondary N) is 1. The number of benzene rings is 2. The van der Waals surface area contributed by atoms with Crippen LogP contribution in [0.2, 0.25) is 0 Å². The van der Waals surface area contributed by atoms with Gasteiger partial charge < -0.3 is 14.0 Å². The lowest BCUT2D eigenvalue weighted by Crippen LogP contribution is -2.25. The van der Waals surface area contributed by atoms with Crippen LogP contribution in [-0.4, -0.2) is 33.1 Å². The predicted octanol–water partition coefficient (Wildman–Crippen LogP) is 3.06. The molecule has 0 saturated carbocycles.